The van der Waals surface area contributed by atoms with Gasteiger partial charge in [-0.2, -0.15) is 0 Å². The number of fused-ring (bicyclic) bond motifs is 6. The molecule has 3 saturated carbocycles. The van der Waals surface area contributed by atoms with E-state index in [9.17, 15) is 0 Å². The second kappa shape index (κ2) is 4.16. The highest BCUT2D eigenvalue weighted by Gasteiger charge is 2.66. The van der Waals surface area contributed by atoms with E-state index in [2.05, 4.69) is 28.1 Å². The van der Waals surface area contributed by atoms with Gasteiger partial charge in [0.05, 0.1) is 12.0 Å². The predicted octanol–water partition coefficient (Wildman–Crippen LogP) is 4.96. The lowest BCUT2D eigenvalue weighted by Gasteiger charge is -2.17. The maximum Gasteiger partial charge on any atom is 0.127 e. The zero-order chi connectivity index (χ0) is 13.4. The molecule has 0 N–H and O–H groups in total. The molecule has 1 heterocycles. The van der Waals surface area contributed by atoms with Crippen molar-refractivity contribution in [3.05, 3.63) is 27.7 Å². The van der Waals surface area contributed by atoms with Crippen LogP contribution < -0.4 is 4.74 Å². The van der Waals surface area contributed by atoms with E-state index in [1.807, 2.05) is 0 Å². The molecule has 1 aliphatic heterocycles. The van der Waals surface area contributed by atoms with Crippen LogP contribution in [0.15, 0.2) is 16.6 Å². The number of halogens is 2. The van der Waals surface area contributed by atoms with E-state index in [1.54, 1.807) is 0 Å². The maximum absolute atomic E-state index is 6.92. The van der Waals surface area contributed by atoms with Crippen molar-refractivity contribution in [2.45, 2.75) is 31.1 Å². The van der Waals surface area contributed by atoms with Crippen molar-refractivity contribution in [1.29, 1.82) is 0 Å². The first-order valence-electron chi connectivity index (χ1n) is 7.83. The van der Waals surface area contributed by atoms with Crippen molar-refractivity contribution in [3.8, 4) is 5.75 Å². The maximum atomic E-state index is 6.92. The smallest absolute Gasteiger partial charge is 0.127 e. The van der Waals surface area contributed by atoms with Gasteiger partial charge in [0.1, 0.15) is 5.75 Å². The SMILES string of the molecule is ClC(c1cc(Br)cc2c1OCC2)C1C2C3CCC(C3)C21. The molecule has 0 saturated heterocycles. The van der Waals surface area contributed by atoms with Crippen LogP contribution >= 0.6 is 27.5 Å². The fraction of sp³-hybridized carbons (Fsp3) is 0.647. The van der Waals surface area contributed by atoms with Crippen LogP contribution in [0, 0.1) is 29.6 Å². The predicted molar refractivity (Wildman–Crippen MR) is 83.2 cm³/mol. The monoisotopic (exact) mass is 352 g/mol. The molecular weight excluding hydrogens is 336 g/mol. The van der Waals surface area contributed by atoms with Crippen molar-refractivity contribution in [2.24, 2.45) is 29.6 Å². The van der Waals surface area contributed by atoms with Gasteiger partial charge in [-0.3, -0.25) is 0 Å². The average Bonchev–Trinajstić information content (AvgIpc) is 2.84. The minimum absolute atomic E-state index is 0.151. The second-order valence-corrected chi connectivity index (χ2v) is 8.43. The largest absolute Gasteiger partial charge is 0.493 e. The lowest BCUT2D eigenvalue weighted by molar-refractivity contribution is 0.350. The summed E-state index contributed by atoms with van der Waals surface area (Å²) in [4.78, 5) is 0. The van der Waals surface area contributed by atoms with Crippen LogP contribution in [0.4, 0.5) is 0 Å². The molecular formula is C17H18BrClO. The number of hydrogen-bond acceptors (Lipinski definition) is 1. The lowest BCUT2D eigenvalue weighted by atomic mass is 9.95. The lowest BCUT2D eigenvalue weighted by Crippen LogP contribution is -2.05. The third kappa shape index (κ3) is 1.56. The Morgan fingerprint density at radius 1 is 1.20 bits per heavy atom. The van der Waals surface area contributed by atoms with E-state index >= 15 is 0 Å². The Balaban J connectivity index is 1.49. The summed E-state index contributed by atoms with van der Waals surface area (Å²) < 4.78 is 7.02. The van der Waals surface area contributed by atoms with Crippen LogP contribution in [0.2, 0.25) is 0 Å². The Labute approximate surface area is 133 Å². The van der Waals surface area contributed by atoms with Crippen LogP contribution in [0.3, 0.4) is 0 Å². The van der Waals surface area contributed by atoms with Gasteiger partial charge >= 0.3 is 0 Å². The zero-order valence-electron chi connectivity index (χ0n) is 11.3. The minimum atomic E-state index is 0.151. The fourth-order valence-electron chi connectivity index (χ4n) is 5.49. The van der Waals surface area contributed by atoms with Crippen LogP contribution in [0.25, 0.3) is 0 Å². The molecule has 1 aromatic rings. The Morgan fingerprint density at radius 2 is 1.95 bits per heavy atom. The van der Waals surface area contributed by atoms with Crippen molar-refractivity contribution in [1.82, 2.24) is 0 Å². The molecule has 4 aliphatic rings. The first kappa shape index (κ1) is 12.3. The summed E-state index contributed by atoms with van der Waals surface area (Å²) in [5.41, 5.74) is 2.57. The van der Waals surface area contributed by atoms with Gasteiger partial charge in [-0.25, -0.2) is 0 Å². The molecule has 3 aliphatic carbocycles. The summed E-state index contributed by atoms with van der Waals surface area (Å²) >= 11 is 10.6. The molecule has 5 unspecified atom stereocenters. The van der Waals surface area contributed by atoms with E-state index in [0.717, 1.165) is 46.9 Å². The van der Waals surface area contributed by atoms with Crippen LogP contribution in [-0.4, -0.2) is 6.61 Å². The third-order valence-electron chi connectivity index (χ3n) is 6.21. The molecule has 0 aromatic heterocycles. The molecule has 5 rings (SSSR count). The first-order chi connectivity index (χ1) is 9.74. The summed E-state index contributed by atoms with van der Waals surface area (Å²) in [6.45, 7) is 0.811. The van der Waals surface area contributed by atoms with Crippen molar-refractivity contribution in [2.75, 3.05) is 6.61 Å². The molecule has 3 fully saturated rings. The second-order valence-electron chi connectivity index (χ2n) is 7.05. The zero-order valence-corrected chi connectivity index (χ0v) is 13.7. The van der Waals surface area contributed by atoms with Crippen molar-refractivity contribution in [3.63, 3.8) is 0 Å². The van der Waals surface area contributed by atoms with Gasteiger partial charge in [-0.05, 0) is 66.5 Å². The fourth-order valence-corrected chi connectivity index (χ4v) is 6.52. The van der Waals surface area contributed by atoms with Gasteiger partial charge in [0, 0.05) is 16.5 Å². The summed E-state index contributed by atoms with van der Waals surface area (Å²) in [7, 11) is 0. The van der Waals surface area contributed by atoms with Gasteiger partial charge in [0.15, 0.2) is 0 Å². The molecule has 1 nitrogen and oxygen atoms in total. The number of alkyl halides is 1. The van der Waals surface area contributed by atoms with E-state index in [1.165, 1.54) is 30.4 Å². The molecule has 0 radical (unpaired) electrons. The molecule has 106 valence electrons. The summed E-state index contributed by atoms with van der Waals surface area (Å²) in [5, 5.41) is 0.151. The number of ether oxygens (including phenoxy) is 1. The Bertz CT molecular complexity index is 571. The van der Waals surface area contributed by atoms with Gasteiger partial charge in [-0.1, -0.05) is 15.9 Å². The van der Waals surface area contributed by atoms with E-state index in [-0.39, 0.29) is 5.38 Å². The summed E-state index contributed by atoms with van der Waals surface area (Å²) in [6.07, 6.45) is 5.43. The van der Waals surface area contributed by atoms with Gasteiger partial charge in [0.25, 0.3) is 0 Å². The molecule has 1 aromatic carbocycles. The van der Waals surface area contributed by atoms with Crippen LogP contribution in [-0.2, 0) is 6.42 Å². The van der Waals surface area contributed by atoms with Gasteiger partial charge in [-0.15, -0.1) is 11.6 Å². The normalized spacial score (nSPS) is 41.2. The number of benzene rings is 1. The average molecular weight is 354 g/mol. The van der Waals surface area contributed by atoms with Crippen molar-refractivity contribution >= 4 is 27.5 Å². The summed E-state index contributed by atoms with van der Waals surface area (Å²) in [6, 6.07) is 4.38. The molecule has 3 heteroatoms. The standard InChI is InChI=1S/C17H18BrClO/c18-11-6-10-3-4-20-17(10)12(7-11)16(19)15-13-8-1-2-9(5-8)14(13)15/h6-9,13-16H,1-5H2. The van der Waals surface area contributed by atoms with Crippen LogP contribution in [0.1, 0.15) is 35.8 Å². The molecule has 20 heavy (non-hydrogen) atoms. The summed E-state index contributed by atoms with van der Waals surface area (Å²) in [5.74, 6) is 5.62. The molecule has 0 amide bonds. The molecule has 2 bridgehead atoms. The van der Waals surface area contributed by atoms with E-state index in [4.69, 9.17) is 16.3 Å². The van der Waals surface area contributed by atoms with Crippen molar-refractivity contribution < 1.29 is 4.74 Å². The Morgan fingerprint density at radius 3 is 2.70 bits per heavy atom. The molecule has 0 spiro atoms. The highest BCUT2D eigenvalue weighted by atomic mass is 79.9. The topological polar surface area (TPSA) is 9.23 Å². The van der Waals surface area contributed by atoms with E-state index in [0.29, 0.717) is 5.92 Å². The van der Waals surface area contributed by atoms with E-state index < -0.39 is 0 Å². The third-order valence-corrected chi connectivity index (χ3v) is 7.19. The first-order valence-corrected chi connectivity index (χ1v) is 9.06. The minimum Gasteiger partial charge on any atom is -0.493 e. The number of hydrogen-bond donors (Lipinski definition) is 0. The number of rotatable bonds is 2. The van der Waals surface area contributed by atoms with Crippen LogP contribution in [0.5, 0.6) is 5.75 Å². The molecule has 5 atom stereocenters. The Hall–Kier alpha value is -0.210. The quantitative estimate of drug-likeness (QED) is 0.683. The highest BCUT2D eigenvalue weighted by molar-refractivity contribution is 9.10. The van der Waals surface area contributed by atoms with Gasteiger partial charge < -0.3 is 4.74 Å². The van der Waals surface area contributed by atoms with Gasteiger partial charge in [0.2, 0.25) is 0 Å². The Kier molecular flexibility index (Phi) is 2.57. The highest BCUT2D eigenvalue weighted by Crippen LogP contribution is 2.73.